The summed E-state index contributed by atoms with van der Waals surface area (Å²) in [6.07, 6.45) is 1.64. The average molecular weight is 200 g/mol. The van der Waals surface area contributed by atoms with Crippen LogP contribution in [0.5, 0.6) is 0 Å². The van der Waals surface area contributed by atoms with Crippen molar-refractivity contribution in [1.29, 1.82) is 0 Å². The molecule has 0 aromatic heterocycles. The number of primary amides is 1. The lowest BCUT2D eigenvalue weighted by Gasteiger charge is -2.26. The van der Waals surface area contributed by atoms with Crippen molar-refractivity contribution in [3.8, 4) is 0 Å². The monoisotopic (exact) mass is 200 g/mol. The van der Waals surface area contributed by atoms with Crippen LogP contribution in [0.3, 0.4) is 0 Å². The minimum atomic E-state index is -0.402. The van der Waals surface area contributed by atoms with E-state index in [9.17, 15) is 9.59 Å². The Bertz CT molecular complexity index is 242. The van der Waals surface area contributed by atoms with Gasteiger partial charge in [0, 0.05) is 0 Å². The standard InChI is InChI=1S/C9H16N2O3/c1-6(8(10)12)11-5-3-4-7(11)9(13)14-2/h6-7H,3-5H2,1-2H3,(H2,10,12). The van der Waals surface area contributed by atoms with Gasteiger partial charge < -0.3 is 10.5 Å². The first-order valence-corrected chi connectivity index (χ1v) is 4.70. The number of carbonyl (C=O) groups excluding carboxylic acids is 2. The smallest absolute Gasteiger partial charge is 0.323 e. The molecule has 1 heterocycles. The van der Waals surface area contributed by atoms with Gasteiger partial charge in [-0.2, -0.15) is 0 Å². The summed E-state index contributed by atoms with van der Waals surface area (Å²) in [7, 11) is 1.35. The Kier molecular flexibility index (Phi) is 3.46. The lowest BCUT2D eigenvalue weighted by atomic mass is 10.2. The molecule has 0 spiro atoms. The van der Waals surface area contributed by atoms with E-state index in [0.717, 1.165) is 19.4 Å². The molecule has 1 aliphatic rings. The van der Waals surface area contributed by atoms with E-state index in [-0.39, 0.29) is 12.0 Å². The number of hydrogen-bond acceptors (Lipinski definition) is 4. The highest BCUT2D eigenvalue weighted by molar-refractivity contribution is 5.82. The van der Waals surface area contributed by atoms with Crippen LogP contribution < -0.4 is 5.73 Å². The first-order chi connectivity index (χ1) is 6.57. The molecule has 2 atom stereocenters. The van der Waals surface area contributed by atoms with E-state index in [0.29, 0.717) is 0 Å². The Morgan fingerprint density at radius 3 is 2.71 bits per heavy atom. The fourth-order valence-electron chi connectivity index (χ4n) is 1.81. The highest BCUT2D eigenvalue weighted by Gasteiger charge is 2.36. The summed E-state index contributed by atoms with van der Waals surface area (Å²) in [5.41, 5.74) is 5.19. The molecule has 0 saturated carbocycles. The third-order valence-electron chi connectivity index (χ3n) is 2.68. The number of nitrogens with zero attached hydrogens (tertiary/aromatic N) is 1. The maximum absolute atomic E-state index is 11.3. The minimum absolute atomic E-state index is 0.282. The predicted octanol–water partition coefficient (Wildman–Crippen LogP) is -0.502. The van der Waals surface area contributed by atoms with Crippen molar-refractivity contribution >= 4 is 11.9 Å². The molecular weight excluding hydrogens is 184 g/mol. The SMILES string of the molecule is COC(=O)C1CCCN1C(C)C(N)=O. The van der Waals surface area contributed by atoms with Crippen LogP contribution in [0.2, 0.25) is 0 Å². The molecular formula is C9H16N2O3. The molecule has 1 aliphatic heterocycles. The Labute approximate surface area is 83.2 Å². The maximum Gasteiger partial charge on any atom is 0.323 e. The van der Waals surface area contributed by atoms with Crippen LogP contribution >= 0.6 is 0 Å². The van der Waals surface area contributed by atoms with Crippen LogP contribution in [0, 0.1) is 0 Å². The van der Waals surface area contributed by atoms with Gasteiger partial charge >= 0.3 is 5.97 Å². The number of ether oxygens (including phenoxy) is 1. The van der Waals surface area contributed by atoms with Crippen LogP contribution in [0.15, 0.2) is 0 Å². The molecule has 80 valence electrons. The van der Waals surface area contributed by atoms with E-state index in [1.54, 1.807) is 11.8 Å². The highest BCUT2D eigenvalue weighted by atomic mass is 16.5. The summed E-state index contributed by atoms with van der Waals surface area (Å²) in [6.45, 7) is 2.44. The zero-order valence-electron chi connectivity index (χ0n) is 8.53. The van der Waals surface area contributed by atoms with Crippen molar-refractivity contribution < 1.29 is 14.3 Å². The van der Waals surface area contributed by atoms with Gasteiger partial charge in [-0.1, -0.05) is 0 Å². The number of rotatable bonds is 3. The predicted molar refractivity (Wildman–Crippen MR) is 50.4 cm³/mol. The maximum atomic E-state index is 11.3. The summed E-state index contributed by atoms with van der Waals surface area (Å²) < 4.78 is 4.66. The van der Waals surface area contributed by atoms with Crippen LogP contribution in [0.1, 0.15) is 19.8 Å². The largest absolute Gasteiger partial charge is 0.468 e. The zero-order valence-corrected chi connectivity index (χ0v) is 8.53. The topological polar surface area (TPSA) is 72.6 Å². The molecule has 1 amide bonds. The number of nitrogens with two attached hydrogens (primary N) is 1. The third kappa shape index (κ3) is 2.04. The normalized spacial score (nSPS) is 24.6. The van der Waals surface area contributed by atoms with Crippen molar-refractivity contribution in [3.63, 3.8) is 0 Å². The Hall–Kier alpha value is -1.10. The van der Waals surface area contributed by atoms with Crippen molar-refractivity contribution in [1.82, 2.24) is 4.90 Å². The number of hydrogen-bond donors (Lipinski definition) is 1. The van der Waals surface area contributed by atoms with Gasteiger partial charge in [0.1, 0.15) is 6.04 Å². The molecule has 0 aromatic carbocycles. The zero-order chi connectivity index (χ0) is 10.7. The molecule has 1 rings (SSSR count). The van der Waals surface area contributed by atoms with Crippen LogP contribution in [-0.2, 0) is 14.3 Å². The van der Waals surface area contributed by atoms with Gasteiger partial charge in [0.15, 0.2) is 0 Å². The van der Waals surface area contributed by atoms with Crippen molar-refractivity contribution in [3.05, 3.63) is 0 Å². The average Bonchev–Trinajstić information content (AvgIpc) is 2.63. The molecule has 0 bridgehead atoms. The third-order valence-corrected chi connectivity index (χ3v) is 2.68. The molecule has 5 nitrogen and oxygen atoms in total. The van der Waals surface area contributed by atoms with E-state index < -0.39 is 11.9 Å². The Balaban J connectivity index is 2.68. The number of esters is 1. The van der Waals surface area contributed by atoms with Gasteiger partial charge in [-0.3, -0.25) is 14.5 Å². The molecule has 1 fully saturated rings. The molecule has 5 heteroatoms. The fourth-order valence-corrected chi connectivity index (χ4v) is 1.81. The molecule has 0 radical (unpaired) electrons. The van der Waals surface area contributed by atoms with Gasteiger partial charge in [-0.05, 0) is 26.3 Å². The summed E-state index contributed by atoms with van der Waals surface area (Å²) in [5.74, 6) is -0.684. The van der Waals surface area contributed by atoms with Crippen LogP contribution in [0.25, 0.3) is 0 Å². The summed E-state index contributed by atoms with van der Waals surface area (Å²) in [6, 6.07) is -0.705. The van der Waals surface area contributed by atoms with E-state index in [2.05, 4.69) is 4.74 Å². The Morgan fingerprint density at radius 2 is 2.21 bits per heavy atom. The quantitative estimate of drug-likeness (QED) is 0.623. The lowest BCUT2D eigenvalue weighted by Crippen LogP contribution is -2.48. The number of likely N-dealkylation sites (tertiary alicyclic amines) is 1. The summed E-state index contributed by atoms with van der Waals surface area (Å²) in [4.78, 5) is 24.1. The van der Waals surface area contributed by atoms with Gasteiger partial charge in [-0.15, -0.1) is 0 Å². The number of amides is 1. The second-order valence-electron chi connectivity index (χ2n) is 3.50. The van der Waals surface area contributed by atoms with Gasteiger partial charge in [-0.25, -0.2) is 0 Å². The second kappa shape index (κ2) is 4.41. The van der Waals surface area contributed by atoms with Crippen molar-refractivity contribution in [2.45, 2.75) is 31.8 Å². The van der Waals surface area contributed by atoms with Crippen molar-refractivity contribution in [2.24, 2.45) is 5.73 Å². The molecule has 2 N–H and O–H groups in total. The molecule has 0 aromatic rings. The molecule has 0 aliphatic carbocycles. The Morgan fingerprint density at radius 1 is 1.57 bits per heavy atom. The number of carbonyl (C=O) groups is 2. The van der Waals surface area contributed by atoms with E-state index in [1.807, 2.05) is 0 Å². The van der Waals surface area contributed by atoms with E-state index in [1.165, 1.54) is 7.11 Å². The first kappa shape index (κ1) is 11.0. The van der Waals surface area contributed by atoms with Gasteiger partial charge in [0.2, 0.25) is 5.91 Å². The highest BCUT2D eigenvalue weighted by Crippen LogP contribution is 2.20. The van der Waals surface area contributed by atoms with Crippen LogP contribution in [0.4, 0.5) is 0 Å². The molecule has 1 saturated heterocycles. The second-order valence-corrected chi connectivity index (χ2v) is 3.50. The molecule has 2 unspecified atom stereocenters. The van der Waals surface area contributed by atoms with Crippen molar-refractivity contribution in [2.75, 3.05) is 13.7 Å². The summed E-state index contributed by atoms with van der Waals surface area (Å²) in [5, 5.41) is 0. The fraction of sp³-hybridized carbons (Fsp3) is 0.778. The lowest BCUT2D eigenvalue weighted by molar-refractivity contribution is -0.147. The first-order valence-electron chi connectivity index (χ1n) is 4.70. The summed E-state index contributed by atoms with van der Waals surface area (Å²) >= 11 is 0. The number of methoxy groups -OCH3 is 1. The molecule has 14 heavy (non-hydrogen) atoms. The van der Waals surface area contributed by atoms with Gasteiger partial charge in [0.25, 0.3) is 0 Å². The van der Waals surface area contributed by atoms with E-state index >= 15 is 0 Å². The van der Waals surface area contributed by atoms with Crippen LogP contribution in [-0.4, -0.2) is 42.5 Å². The van der Waals surface area contributed by atoms with E-state index in [4.69, 9.17) is 5.73 Å². The minimum Gasteiger partial charge on any atom is -0.468 e. The van der Waals surface area contributed by atoms with Gasteiger partial charge in [0.05, 0.1) is 13.2 Å².